The highest BCUT2D eigenvalue weighted by atomic mass is 16.5. The molecule has 2 aromatic rings. The molecule has 38 heavy (non-hydrogen) atoms. The smallest absolute Gasteiger partial charge is 0.259 e. The summed E-state index contributed by atoms with van der Waals surface area (Å²) in [5.74, 6) is -0.273. The minimum atomic E-state index is -0.987. The number of para-hydroxylation sites is 1. The first-order chi connectivity index (χ1) is 18.5. The number of nitrogens with zero attached hydrogens (tertiary/aromatic N) is 4. The third-order valence-corrected chi connectivity index (χ3v) is 8.59. The van der Waals surface area contributed by atoms with Crippen LogP contribution in [0.1, 0.15) is 41.6 Å². The lowest BCUT2D eigenvalue weighted by atomic mass is 9.78. The number of carbonyl (C=O) groups is 3. The number of aromatic nitrogens is 1. The summed E-state index contributed by atoms with van der Waals surface area (Å²) < 4.78 is 10.6. The van der Waals surface area contributed by atoms with Crippen molar-refractivity contribution in [2.24, 2.45) is 5.92 Å². The van der Waals surface area contributed by atoms with E-state index in [0.29, 0.717) is 50.5 Å². The first-order valence-electron chi connectivity index (χ1n) is 13.3. The van der Waals surface area contributed by atoms with Gasteiger partial charge in [0.05, 0.1) is 20.1 Å². The Labute approximate surface area is 221 Å². The number of benzene rings is 1. The van der Waals surface area contributed by atoms with E-state index in [1.54, 1.807) is 21.9 Å². The number of hydrogen-bond acceptors (Lipinski definition) is 7. The van der Waals surface area contributed by atoms with Crippen LogP contribution in [0.4, 0.5) is 5.69 Å². The summed E-state index contributed by atoms with van der Waals surface area (Å²) >= 11 is 0. The van der Waals surface area contributed by atoms with Crippen molar-refractivity contribution in [1.82, 2.24) is 20.1 Å². The van der Waals surface area contributed by atoms with Crippen LogP contribution < -0.4 is 19.7 Å². The van der Waals surface area contributed by atoms with E-state index in [9.17, 15) is 14.4 Å². The first kappa shape index (κ1) is 24.7. The monoisotopic (exact) mass is 519 g/mol. The Morgan fingerprint density at radius 3 is 2.68 bits per heavy atom. The molecule has 1 spiro atoms. The molecule has 1 N–H and O–H groups in total. The maximum absolute atomic E-state index is 14.4. The van der Waals surface area contributed by atoms with Crippen molar-refractivity contribution in [2.75, 3.05) is 51.8 Å². The topological polar surface area (TPSA) is 104 Å². The first-order valence-corrected chi connectivity index (χ1v) is 13.3. The van der Waals surface area contributed by atoms with Gasteiger partial charge in [-0.05, 0) is 44.4 Å². The third-order valence-electron chi connectivity index (χ3n) is 8.59. The molecule has 0 radical (unpaired) electrons. The predicted octanol–water partition coefficient (Wildman–Crippen LogP) is 1.79. The van der Waals surface area contributed by atoms with E-state index >= 15 is 0 Å². The normalized spacial score (nSPS) is 27.1. The number of pyridine rings is 1. The Hall–Kier alpha value is -3.66. The minimum absolute atomic E-state index is 0.0556. The molecule has 3 atom stereocenters. The molecule has 0 unspecified atom stereocenters. The Kier molecular flexibility index (Phi) is 6.22. The van der Waals surface area contributed by atoms with Crippen molar-refractivity contribution in [3.8, 4) is 11.8 Å². The molecule has 10 heteroatoms. The largest absolute Gasteiger partial charge is 0.481 e. The van der Waals surface area contributed by atoms with E-state index in [2.05, 4.69) is 15.2 Å². The van der Waals surface area contributed by atoms with Crippen molar-refractivity contribution in [1.29, 1.82) is 0 Å². The van der Waals surface area contributed by atoms with Crippen molar-refractivity contribution in [3.05, 3.63) is 47.5 Å². The van der Waals surface area contributed by atoms with Gasteiger partial charge in [0.2, 0.25) is 17.7 Å². The third kappa shape index (κ3) is 3.57. The fraction of sp³-hybridized carbons (Fsp3) is 0.500. The van der Waals surface area contributed by atoms with Crippen molar-refractivity contribution >= 4 is 23.4 Å². The molecule has 3 saturated heterocycles. The summed E-state index contributed by atoms with van der Waals surface area (Å²) in [4.78, 5) is 51.8. The maximum atomic E-state index is 14.4. The summed E-state index contributed by atoms with van der Waals surface area (Å²) in [6.45, 7) is 2.32. The number of methoxy groups -OCH3 is 2. The fourth-order valence-electron chi connectivity index (χ4n) is 6.95. The van der Waals surface area contributed by atoms with Crippen LogP contribution >= 0.6 is 0 Å². The maximum Gasteiger partial charge on any atom is 0.259 e. The molecule has 200 valence electrons. The van der Waals surface area contributed by atoms with Gasteiger partial charge >= 0.3 is 0 Å². The second-order valence-electron chi connectivity index (χ2n) is 10.4. The SMILES string of the molecule is COc1ccc(C(=O)N2CCCNC(=O)[C@@H]3C[C@@H]4CCCN4[C@@]34C(=O)N(CC2)c2ccccc24)c(OC)n1. The lowest BCUT2D eigenvalue weighted by Crippen LogP contribution is -2.57. The van der Waals surface area contributed by atoms with Gasteiger partial charge in [-0.25, -0.2) is 0 Å². The van der Waals surface area contributed by atoms with Crippen LogP contribution in [0, 0.1) is 5.92 Å². The zero-order chi connectivity index (χ0) is 26.4. The molecule has 3 amide bonds. The number of anilines is 1. The second kappa shape index (κ2) is 9.58. The van der Waals surface area contributed by atoms with E-state index in [1.807, 2.05) is 24.3 Å². The summed E-state index contributed by atoms with van der Waals surface area (Å²) in [6, 6.07) is 11.3. The molecule has 4 aliphatic heterocycles. The van der Waals surface area contributed by atoms with Gasteiger partial charge in [0.1, 0.15) is 11.1 Å². The van der Waals surface area contributed by atoms with Crippen LogP contribution in [0.3, 0.4) is 0 Å². The average Bonchev–Trinajstić information content (AvgIpc) is 3.60. The zero-order valence-corrected chi connectivity index (χ0v) is 21.8. The zero-order valence-electron chi connectivity index (χ0n) is 21.8. The molecule has 6 rings (SSSR count). The summed E-state index contributed by atoms with van der Waals surface area (Å²) in [5, 5.41) is 3.10. The molecule has 2 bridgehead atoms. The molecule has 0 saturated carbocycles. The fourth-order valence-corrected chi connectivity index (χ4v) is 6.95. The van der Waals surface area contributed by atoms with Crippen LogP contribution in [0.15, 0.2) is 36.4 Å². The quantitative estimate of drug-likeness (QED) is 0.659. The van der Waals surface area contributed by atoms with Gasteiger partial charge in [0.25, 0.3) is 11.8 Å². The highest BCUT2D eigenvalue weighted by Gasteiger charge is 2.67. The highest BCUT2D eigenvalue weighted by Crippen LogP contribution is 2.57. The number of nitrogens with one attached hydrogen (secondary N) is 1. The Morgan fingerprint density at radius 2 is 1.87 bits per heavy atom. The average molecular weight is 520 g/mol. The number of fused-ring (bicyclic) bond motifs is 4. The summed E-state index contributed by atoms with van der Waals surface area (Å²) in [5.41, 5.74) is 1.08. The number of rotatable bonds is 3. The van der Waals surface area contributed by atoms with Gasteiger partial charge in [-0.15, -0.1) is 0 Å². The summed E-state index contributed by atoms with van der Waals surface area (Å²) in [6.07, 6.45) is 3.31. The second-order valence-corrected chi connectivity index (χ2v) is 10.4. The van der Waals surface area contributed by atoms with Gasteiger partial charge in [-0.2, -0.15) is 4.98 Å². The lowest BCUT2D eigenvalue weighted by Gasteiger charge is -2.38. The molecule has 3 fully saturated rings. The highest BCUT2D eigenvalue weighted by molar-refractivity contribution is 6.11. The molecule has 4 aliphatic rings. The van der Waals surface area contributed by atoms with Gasteiger partial charge in [-0.1, -0.05) is 18.2 Å². The van der Waals surface area contributed by atoms with Crippen LogP contribution in [-0.2, 0) is 15.1 Å². The van der Waals surface area contributed by atoms with Gasteiger partial charge in [0.15, 0.2) is 0 Å². The van der Waals surface area contributed by atoms with Crippen LogP contribution in [-0.4, -0.2) is 85.5 Å². The number of amides is 3. The van der Waals surface area contributed by atoms with E-state index in [4.69, 9.17) is 9.47 Å². The molecule has 1 aromatic heterocycles. The van der Waals surface area contributed by atoms with Gasteiger partial charge < -0.3 is 24.6 Å². The Bertz CT molecular complexity index is 1280. The van der Waals surface area contributed by atoms with Crippen molar-refractivity contribution < 1.29 is 23.9 Å². The van der Waals surface area contributed by atoms with Gasteiger partial charge in [0, 0.05) is 49.5 Å². The Morgan fingerprint density at radius 1 is 1.03 bits per heavy atom. The lowest BCUT2D eigenvalue weighted by molar-refractivity contribution is -0.139. The number of carbonyl (C=O) groups excluding carboxylic acids is 3. The van der Waals surface area contributed by atoms with E-state index in [-0.39, 0.29) is 29.6 Å². The van der Waals surface area contributed by atoms with E-state index < -0.39 is 11.5 Å². The molecular formula is C28H33N5O5. The van der Waals surface area contributed by atoms with Crippen LogP contribution in [0.2, 0.25) is 0 Å². The number of hydrogen-bond donors (Lipinski definition) is 1. The van der Waals surface area contributed by atoms with E-state index in [0.717, 1.165) is 30.6 Å². The molecule has 0 aliphatic carbocycles. The van der Waals surface area contributed by atoms with Crippen molar-refractivity contribution in [3.63, 3.8) is 0 Å². The summed E-state index contributed by atoms with van der Waals surface area (Å²) in [7, 11) is 2.97. The van der Waals surface area contributed by atoms with E-state index in [1.165, 1.54) is 14.2 Å². The standard InChI is InChI=1S/C28H33N5O5/c1-37-23-11-10-19(25(30-23)38-2)26(35)31-13-6-12-29-24(34)21-17-18-7-5-14-33(18)28(21)20-8-3-4-9-22(20)32(16-15-31)27(28)36/h3-4,8-11,18,21H,5-7,12-17H2,1-2H3,(H,29,34)/t18-,21-,28+/m0/s1. The number of ether oxygens (including phenoxy) is 2. The van der Waals surface area contributed by atoms with Crippen LogP contribution in [0.5, 0.6) is 11.8 Å². The molecule has 5 heterocycles. The minimum Gasteiger partial charge on any atom is -0.481 e. The van der Waals surface area contributed by atoms with Crippen molar-refractivity contribution in [2.45, 2.75) is 37.3 Å². The molecular weight excluding hydrogens is 486 g/mol. The van der Waals surface area contributed by atoms with Crippen LogP contribution in [0.25, 0.3) is 0 Å². The molecule has 10 nitrogen and oxygen atoms in total. The Balaban J connectivity index is 1.37. The molecule has 1 aromatic carbocycles. The predicted molar refractivity (Wildman–Crippen MR) is 139 cm³/mol. The van der Waals surface area contributed by atoms with Gasteiger partial charge in [-0.3, -0.25) is 19.3 Å².